The molecule has 4 rings (SSSR count). The number of carboxylic acids is 1. The normalized spacial score (nSPS) is 14.2. The number of anilines is 2. The van der Waals surface area contributed by atoms with Gasteiger partial charge in [0.05, 0.1) is 11.1 Å². The summed E-state index contributed by atoms with van der Waals surface area (Å²) >= 11 is 0. The van der Waals surface area contributed by atoms with E-state index in [-0.39, 0.29) is 36.5 Å². The van der Waals surface area contributed by atoms with Crippen LogP contribution in [0.3, 0.4) is 0 Å². The number of halogens is 3. The average molecular weight is 523 g/mol. The van der Waals surface area contributed by atoms with Crippen molar-refractivity contribution in [1.82, 2.24) is 9.88 Å². The van der Waals surface area contributed by atoms with Crippen molar-refractivity contribution >= 4 is 17.5 Å². The second kappa shape index (κ2) is 13.3. The first-order valence-electron chi connectivity index (χ1n) is 12.0. The largest absolute Gasteiger partial charge is 1.00 e. The SMILES string of the molecule is O=C(O)c1ccc(-c2ccnc(NCCCCN3CCN(c4cccc(C(F)(F)F)c4)CC3)c2)cc1.[H-].[Na+]. The number of alkyl halides is 3. The number of piperazine rings is 1. The minimum atomic E-state index is -4.32. The maximum absolute atomic E-state index is 13.0. The smallest absolute Gasteiger partial charge is 1.00 e. The molecule has 1 aliphatic heterocycles. The van der Waals surface area contributed by atoms with E-state index in [9.17, 15) is 18.0 Å². The van der Waals surface area contributed by atoms with Gasteiger partial charge in [-0.3, -0.25) is 4.90 Å². The van der Waals surface area contributed by atoms with E-state index in [1.807, 2.05) is 17.0 Å². The number of pyridine rings is 1. The van der Waals surface area contributed by atoms with Gasteiger partial charge in [-0.25, -0.2) is 9.78 Å². The Kier molecular flexibility index (Phi) is 10.4. The Morgan fingerprint density at radius 3 is 2.38 bits per heavy atom. The maximum Gasteiger partial charge on any atom is 1.00 e. The Labute approximate surface area is 238 Å². The molecular formula is C27H30F3N4NaO2. The van der Waals surface area contributed by atoms with Crippen molar-refractivity contribution in [2.24, 2.45) is 0 Å². The van der Waals surface area contributed by atoms with Crippen molar-refractivity contribution in [2.45, 2.75) is 19.0 Å². The Bertz CT molecular complexity index is 1170. The molecule has 0 unspecified atom stereocenters. The fourth-order valence-electron chi connectivity index (χ4n) is 4.30. The molecular weight excluding hydrogens is 492 g/mol. The predicted molar refractivity (Wildman–Crippen MR) is 136 cm³/mol. The number of nitrogens with zero attached hydrogens (tertiary/aromatic N) is 3. The van der Waals surface area contributed by atoms with Crippen molar-refractivity contribution < 1.29 is 54.1 Å². The third-order valence-corrected chi connectivity index (χ3v) is 6.34. The summed E-state index contributed by atoms with van der Waals surface area (Å²) in [5, 5.41) is 12.4. The van der Waals surface area contributed by atoms with Crippen LogP contribution in [0.5, 0.6) is 0 Å². The summed E-state index contributed by atoms with van der Waals surface area (Å²) in [5.41, 5.74) is 2.16. The van der Waals surface area contributed by atoms with Crippen LogP contribution in [0.15, 0.2) is 66.9 Å². The topological polar surface area (TPSA) is 68.7 Å². The monoisotopic (exact) mass is 522 g/mol. The molecule has 3 aromatic rings. The summed E-state index contributed by atoms with van der Waals surface area (Å²) in [6.45, 7) is 4.80. The van der Waals surface area contributed by atoms with Crippen LogP contribution in [-0.4, -0.2) is 60.2 Å². The van der Waals surface area contributed by atoms with Gasteiger partial charge >= 0.3 is 41.7 Å². The minimum absolute atomic E-state index is 0. The van der Waals surface area contributed by atoms with E-state index in [1.165, 1.54) is 12.1 Å². The number of hydrogen-bond donors (Lipinski definition) is 2. The standard InChI is InChI=1S/C27H29F3N4O2.Na.H/c28-27(29,30)23-4-3-5-24(19-23)34-16-14-33(15-17-34)13-2-1-11-31-25-18-22(10-12-32-25)20-6-8-21(9-7-20)26(35)36;;/h3-10,12,18-19H,1-2,11,13-17H2,(H,31,32)(H,35,36);;/q;+1;-1. The van der Waals surface area contributed by atoms with Gasteiger partial charge in [0.25, 0.3) is 0 Å². The number of nitrogens with one attached hydrogen (secondary N) is 1. The maximum atomic E-state index is 13.0. The zero-order chi connectivity index (χ0) is 25.5. The molecule has 6 nitrogen and oxygen atoms in total. The van der Waals surface area contributed by atoms with Gasteiger partial charge in [0, 0.05) is 44.6 Å². The van der Waals surface area contributed by atoms with E-state index < -0.39 is 17.7 Å². The third-order valence-electron chi connectivity index (χ3n) is 6.34. The first-order valence-corrected chi connectivity index (χ1v) is 12.0. The molecule has 0 bridgehead atoms. The number of rotatable bonds is 9. The Morgan fingerprint density at radius 1 is 0.973 bits per heavy atom. The van der Waals surface area contributed by atoms with E-state index in [0.29, 0.717) is 18.8 Å². The molecule has 37 heavy (non-hydrogen) atoms. The first kappa shape index (κ1) is 29.0. The zero-order valence-corrected chi connectivity index (χ0v) is 22.8. The quantitative estimate of drug-likeness (QED) is 0.333. The van der Waals surface area contributed by atoms with Crippen molar-refractivity contribution in [3.05, 3.63) is 78.0 Å². The summed E-state index contributed by atoms with van der Waals surface area (Å²) in [5.74, 6) is -0.180. The molecule has 2 heterocycles. The van der Waals surface area contributed by atoms with E-state index >= 15 is 0 Å². The number of aromatic nitrogens is 1. The number of unbranched alkanes of at least 4 members (excludes halogenated alkanes) is 1. The number of carboxylic acid groups (broad SMARTS) is 1. The second-order valence-electron chi connectivity index (χ2n) is 8.82. The van der Waals surface area contributed by atoms with Crippen LogP contribution in [0, 0.1) is 0 Å². The molecule has 0 saturated carbocycles. The Balaban J connectivity index is 0.00000253. The molecule has 2 N–H and O–H groups in total. The Morgan fingerprint density at radius 2 is 1.70 bits per heavy atom. The average Bonchev–Trinajstić information content (AvgIpc) is 2.89. The van der Waals surface area contributed by atoms with Crippen molar-refractivity contribution in [2.75, 3.05) is 49.5 Å². The summed E-state index contributed by atoms with van der Waals surface area (Å²) < 4.78 is 39.0. The van der Waals surface area contributed by atoms with Gasteiger partial charge in [0.2, 0.25) is 0 Å². The Hall–Kier alpha value is -2.59. The molecule has 0 atom stereocenters. The van der Waals surface area contributed by atoms with Gasteiger partial charge in [0.1, 0.15) is 5.82 Å². The van der Waals surface area contributed by atoms with Crippen LogP contribution in [0.2, 0.25) is 0 Å². The summed E-state index contributed by atoms with van der Waals surface area (Å²) in [6, 6.07) is 16.1. The number of aromatic carboxylic acids is 1. The van der Waals surface area contributed by atoms with Gasteiger partial charge in [-0.15, -0.1) is 0 Å². The van der Waals surface area contributed by atoms with Crippen LogP contribution < -0.4 is 39.8 Å². The molecule has 1 saturated heterocycles. The van der Waals surface area contributed by atoms with Gasteiger partial charge in [0.15, 0.2) is 0 Å². The van der Waals surface area contributed by atoms with E-state index in [4.69, 9.17) is 5.11 Å². The molecule has 0 radical (unpaired) electrons. The fourth-order valence-corrected chi connectivity index (χ4v) is 4.30. The van der Waals surface area contributed by atoms with Crippen LogP contribution >= 0.6 is 0 Å². The molecule has 1 aliphatic rings. The molecule has 0 aliphatic carbocycles. The van der Waals surface area contributed by atoms with Crippen LogP contribution in [0.25, 0.3) is 11.1 Å². The number of benzene rings is 2. The predicted octanol–water partition coefficient (Wildman–Crippen LogP) is 2.60. The molecule has 10 heteroatoms. The number of carbonyl (C=O) groups is 1. The molecule has 1 fully saturated rings. The minimum Gasteiger partial charge on any atom is -1.00 e. The van der Waals surface area contributed by atoms with Gasteiger partial charge in [-0.05, 0) is 73.0 Å². The van der Waals surface area contributed by atoms with Gasteiger partial charge in [-0.1, -0.05) is 18.2 Å². The van der Waals surface area contributed by atoms with Gasteiger partial charge in [-0.2, -0.15) is 13.2 Å². The van der Waals surface area contributed by atoms with Gasteiger partial charge < -0.3 is 16.7 Å². The van der Waals surface area contributed by atoms with Crippen LogP contribution in [-0.2, 0) is 6.18 Å². The summed E-state index contributed by atoms with van der Waals surface area (Å²) in [4.78, 5) is 19.8. The summed E-state index contributed by atoms with van der Waals surface area (Å²) in [7, 11) is 0. The van der Waals surface area contributed by atoms with E-state index in [0.717, 1.165) is 62.0 Å². The van der Waals surface area contributed by atoms with Crippen molar-refractivity contribution in [3.8, 4) is 11.1 Å². The summed E-state index contributed by atoms with van der Waals surface area (Å²) in [6.07, 6.45) is -0.622. The fraction of sp³-hybridized carbons (Fsp3) is 0.333. The first-order chi connectivity index (χ1) is 17.3. The molecule has 0 spiro atoms. The van der Waals surface area contributed by atoms with Crippen molar-refractivity contribution in [1.29, 1.82) is 0 Å². The van der Waals surface area contributed by atoms with E-state index in [2.05, 4.69) is 15.2 Å². The van der Waals surface area contributed by atoms with Crippen LogP contribution in [0.1, 0.15) is 30.2 Å². The third kappa shape index (κ3) is 8.20. The second-order valence-corrected chi connectivity index (χ2v) is 8.82. The van der Waals surface area contributed by atoms with E-state index in [1.54, 1.807) is 36.5 Å². The molecule has 1 aromatic heterocycles. The number of hydrogen-bond acceptors (Lipinski definition) is 5. The molecule has 0 amide bonds. The zero-order valence-electron chi connectivity index (χ0n) is 21.8. The molecule has 192 valence electrons. The van der Waals surface area contributed by atoms with Crippen LogP contribution in [0.4, 0.5) is 24.7 Å². The molecule has 2 aromatic carbocycles. The van der Waals surface area contributed by atoms with Crippen molar-refractivity contribution in [3.63, 3.8) is 0 Å².